The average Bonchev–Trinajstić information content (AvgIpc) is 3.74. The molecule has 0 radical (unpaired) electrons. The molecule has 0 bridgehead atoms. The van der Waals surface area contributed by atoms with E-state index >= 15 is 0 Å². The molecule has 2 N–H and O–H groups in total. The lowest BCUT2D eigenvalue weighted by atomic mass is 9.86. The molecule has 2 aromatic carbocycles. The Balaban J connectivity index is 0.000000145. The summed E-state index contributed by atoms with van der Waals surface area (Å²) in [5.74, 6) is -1.49. The molecule has 0 saturated heterocycles. The monoisotopic (exact) mass is 741 g/mol. The fraction of sp³-hybridized carbons (Fsp3) is 0.250. The Morgan fingerprint density at radius 3 is 1.78 bits per heavy atom. The van der Waals surface area contributed by atoms with E-state index in [9.17, 15) is 39.5 Å². The number of rotatable bonds is 3. The van der Waals surface area contributed by atoms with Crippen LogP contribution in [0.3, 0.4) is 0 Å². The summed E-state index contributed by atoms with van der Waals surface area (Å²) >= 11 is 0. The zero-order valence-electron chi connectivity index (χ0n) is 29.5. The van der Waals surface area contributed by atoms with E-state index in [-0.39, 0.29) is 60.5 Å². The van der Waals surface area contributed by atoms with Gasteiger partial charge in [0.25, 0.3) is 16.8 Å². The number of aliphatic hydroxyl groups is 2. The van der Waals surface area contributed by atoms with Crippen molar-refractivity contribution in [2.24, 2.45) is 0 Å². The zero-order chi connectivity index (χ0) is 38.6. The summed E-state index contributed by atoms with van der Waals surface area (Å²) in [4.78, 5) is 70.6. The van der Waals surface area contributed by atoms with Gasteiger partial charge in [0.15, 0.2) is 11.2 Å². The summed E-state index contributed by atoms with van der Waals surface area (Å²) in [6, 6.07) is 19.5. The maximum Gasteiger partial charge on any atom is 0.343 e. The van der Waals surface area contributed by atoms with Gasteiger partial charge in [0, 0.05) is 33.7 Å². The van der Waals surface area contributed by atoms with Crippen molar-refractivity contribution >= 4 is 39.4 Å². The highest BCUT2D eigenvalue weighted by molar-refractivity contribution is 5.92. The molecule has 0 amide bonds. The van der Waals surface area contributed by atoms with Crippen LogP contribution < -0.4 is 11.1 Å². The first kappa shape index (κ1) is 34.2. The Morgan fingerprint density at radius 2 is 1.24 bits per heavy atom. The third-order valence-electron chi connectivity index (χ3n) is 11.1. The molecule has 4 aliphatic heterocycles. The highest BCUT2D eigenvalue weighted by atomic mass is 16.6. The van der Waals surface area contributed by atoms with Crippen LogP contribution in [0, 0.1) is 10.1 Å². The van der Waals surface area contributed by atoms with Crippen molar-refractivity contribution in [1.82, 2.24) is 19.1 Å². The van der Waals surface area contributed by atoms with Crippen LogP contribution in [0.5, 0.6) is 0 Å². The molecule has 276 valence electrons. The minimum absolute atomic E-state index is 0.0558. The van der Waals surface area contributed by atoms with Gasteiger partial charge in [-0.2, -0.15) is 0 Å². The van der Waals surface area contributed by atoms with E-state index in [1.807, 2.05) is 30.3 Å². The molecular formula is C40H31N5O10. The number of hydrogen-bond donors (Lipinski definition) is 2. The largest absolute Gasteiger partial charge is 0.458 e. The van der Waals surface area contributed by atoms with Crippen LogP contribution in [0.2, 0.25) is 0 Å². The number of nitrogens with zero attached hydrogens (tertiary/aromatic N) is 5. The fourth-order valence-corrected chi connectivity index (χ4v) is 8.07. The van der Waals surface area contributed by atoms with Crippen molar-refractivity contribution in [2.45, 2.75) is 64.2 Å². The van der Waals surface area contributed by atoms with Gasteiger partial charge in [0.2, 0.25) is 0 Å². The molecule has 2 atom stereocenters. The Morgan fingerprint density at radius 1 is 0.727 bits per heavy atom. The normalized spacial score (nSPS) is 19.9. The Kier molecular flexibility index (Phi) is 7.44. The molecule has 15 nitrogen and oxygen atoms in total. The summed E-state index contributed by atoms with van der Waals surface area (Å²) in [5.41, 5.74) is 2.06. The third kappa shape index (κ3) is 4.82. The number of nitro benzene ring substituents is 1. The topological polar surface area (TPSA) is 206 Å². The lowest BCUT2D eigenvalue weighted by Gasteiger charge is -2.31. The zero-order valence-corrected chi connectivity index (χ0v) is 29.5. The van der Waals surface area contributed by atoms with Crippen LogP contribution in [0.1, 0.15) is 60.1 Å². The van der Waals surface area contributed by atoms with E-state index < -0.39 is 28.1 Å². The van der Waals surface area contributed by atoms with Gasteiger partial charge < -0.3 is 28.8 Å². The highest BCUT2D eigenvalue weighted by Gasteiger charge is 2.46. The van der Waals surface area contributed by atoms with E-state index in [0.717, 1.165) is 22.2 Å². The molecule has 10 rings (SSSR count). The molecule has 15 heteroatoms. The number of benzene rings is 2. The number of hydrogen-bond acceptors (Lipinski definition) is 12. The predicted octanol–water partition coefficient (Wildman–Crippen LogP) is 4.07. The number of cyclic esters (lactones) is 2. The van der Waals surface area contributed by atoms with Gasteiger partial charge in [0.1, 0.15) is 13.2 Å². The second-order valence-corrected chi connectivity index (χ2v) is 14.0. The molecule has 6 aromatic rings. The molecular weight excluding hydrogens is 710 g/mol. The number of non-ortho nitro benzene ring substituents is 1. The van der Waals surface area contributed by atoms with Gasteiger partial charge in [-0.3, -0.25) is 19.7 Å². The predicted molar refractivity (Wildman–Crippen MR) is 196 cm³/mol. The standard InChI is InChI=1S/C20H15N3O6.C20H16N2O4/c1-2-20(26)13-7-16-17-10(8-22(16)18(24)12(13)9-29-19(20)25)6-11-14(21-17)4-3-5-15(11)23(27)28;1-2-20(25)14-8-16-17-12(7-11-5-3-4-6-15(11)21-17)9-22(16)18(23)13(14)10-26-19(20)24/h3-7,26H,2,8-9H2,1H3;3-8,25H,2,9-10H2,1H3. The van der Waals surface area contributed by atoms with Crippen LogP contribution >= 0.6 is 0 Å². The van der Waals surface area contributed by atoms with Gasteiger partial charge in [-0.25, -0.2) is 19.6 Å². The van der Waals surface area contributed by atoms with E-state index in [1.165, 1.54) is 10.6 Å². The number of fused-ring (bicyclic) bond motifs is 10. The van der Waals surface area contributed by atoms with E-state index in [1.54, 1.807) is 48.7 Å². The molecule has 0 aliphatic carbocycles. The Hall–Kier alpha value is -6.58. The van der Waals surface area contributed by atoms with Crippen molar-refractivity contribution in [3.8, 4) is 22.8 Å². The number of aromatic nitrogens is 4. The second-order valence-electron chi connectivity index (χ2n) is 14.0. The number of nitro groups is 1. The Labute approximate surface area is 310 Å². The molecule has 0 fully saturated rings. The third-order valence-corrected chi connectivity index (χ3v) is 11.1. The van der Waals surface area contributed by atoms with E-state index in [4.69, 9.17) is 14.5 Å². The van der Waals surface area contributed by atoms with E-state index in [0.29, 0.717) is 51.2 Å². The lowest BCUT2D eigenvalue weighted by Crippen LogP contribution is -2.44. The average molecular weight is 742 g/mol. The van der Waals surface area contributed by atoms with E-state index in [2.05, 4.69) is 4.98 Å². The van der Waals surface area contributed by atoms with Crippen LogP contribution in [0.25, 0.3) is 44.6 Å². The number of para-hydroxylation sites is 1. The summed E-state index contributed by atoms with van der Waals surface area (Å²) in [6.07, 6.45) is 0.200. The minimum Gasteiger partial charge on any atom is -0.458 e. The maximum absolute atomic E-state index is 13.1. The number of pyridine rings is 4. The molecule has 0 saturated carbocycles. The molecule has 4 aromatic heterocycles. The van der Waals surface area contributed by atoms with Gasteiger partial charge in [-0.05, 0) is 49.2 Å². The van der Waals surface area contributed by atoms with Crippen LogP contribution in [0.4, 0.5) is 5.69 Å². The summed E-state index contributed by atoms with van der Waals surface area (Å²) < 4.78 is 13.3. The summed E-state index contributed by atoms with van der Waals surface area (Å²) in [5, 5.41) is 34.4. The maximum atomic E-state index is 13.1. The van der Waals surface area contributed by atoms with Gasteiger partial charge in [-0.15, -0.1) is 0 Å². The van der Waals surface area contributed by atoms with Crippen LogP contribution in [-0.2, 0) is 56.6 Å². The number of esters is 2. The van der Waals surface area contributed by atoms with Gasteiger partial charge in [-0.1, -0.05) is 38.1 Å². The van der Waals surface area contributed by atoms with Crippen molar-refractivity contribution in [3.63, 3.8) is 0 Å². The quantitative estimate of drug-likeness (QED) is 0.149. The number of carbonyl (C=O) groups excluding carboxylic acids is 2. The minimum atomic E-state index is -1.89. The molecule has 0 spiro atoms. The smallest absolute Gasteiger partial charge is 0.343 e. The van der Waals surface area contributed by atoms with Crippen molar-refractivity contribution in [1.29, 1.82) is 0 Å². The highest BCUT2D eigenvalue weighted by Crippen LogP contribution is 2.41. The first-order chi connectivity index (χ1) is 26.4. The van der Waals surface area contributed by atoms with Gasteiger partial charge in [0.05, 0.1) is 68.3 Å². The summed E-state index contributed by atoms with van der Waals surface area (Å²) in [6.45, 7) is 3.65. The summed E-state index contributed by atoms with van der Waals surface area (Å²) in [7, 11) is 0. The van der Waals surface area contributed by atoms with Crippen LogP contribution in [-0.4, -0.2) is 46.2 Å². The fourth-order valence-electron chi connectivity index (χ4n) is 8.07. The first-order valence-corrected chi connectivity index (χ1v) is 17.7. The van der Waals surface area contributed by atoms with Gasteiger partial charge >= 0.3 is 11.9 Å². The van der Waals surface area contributed by atoms with Crippen molar-refractivity contribution in [3.05, 3.63) is 131 Å². The second kappa shape index (κ2) is 12.0. The Bertz CT molecular complexity index is 2860. The number of carbonyl (C=O) groups is 2. The van der Waals surface area contributed by atoms with Crippen molar-refractivity contribution in [2.75, 3.05) is 0 Å². The lowest BCUT2D eigenvalue weighted by molar-refractivity contribution is -0.383. The van der Waals surface area contributed by atoms with Crippen molar-refractivity contribution < 1.29 is 34.2 Å². The van der Waals surface area contributed by atoms with Crippen LogP contribution in [0.15, 0.2) is 76.3 Å². The molecule has 2 unspecified atom stereocenters. The number of ether oxygens (including phenoxy) is 2. The first-order valence-electron chi connectivity index (χ1n) is 17.7. The molecule has 4 aliphatic rings. The molecule has 8 heterocycles. The SMILES string of the molecule is CCC1(O)C(=O)OCc2c1cc1n(c2=O)Cc2cc3c([N+](=O)[O-])cccc3nc2-1.CCC1(O)C(=O)OCc2c1cc1n(c2=O)Cc2cc3ccccc3nc2-1. The molecule has 55 heavy (non-hydrogen) atoms.